The molecule has 0 spiro atoms. The van der Waals surface area contributed by atoms with Crippen molar-refractivity contribution in [3.63, 3.8) is 0 Å². The predicted octanol–water partition coefficient (Wildman–Crippen LogP) is 1.34. The van der Waals surface area contributed by atoms with E-state index in [9.17, 15) is 0 Å². The third-order valence-electron chi connectivity index (χ3n) is 1.25. The lowest BCUT2D eigenvalue weighted by molar-refractivity contribution is 0.531. The van der Waals surface area contributed by atoms with Gasteiger partial charge in [0.15, 0.2) is 5.69 Å². The molecule has 0 saturated heterocycles. The molecule has 0 aliphatic heterocycles. The largest absolute Gasteiger partial charge is 0.269 e. The summed E-state index contributed by atoms with van der Waals surface area (Å²) >= 11 is 0. The minimum atomic E-state index is 0.335. The van der Waals surface area contributed by atoms with Gasteiger partial charge in [-0.05, 0) is 19.9 Å². The summed E-state index contributed by atoms with van der Waals surface area (Å²) in [4.78, 5) is 0. The summed E-state index contributed by atoms with van der Waals surface area (Å²) in [5, 5.41) is 12.4. The molecule has 3 heteroatoms. The fourth-order valence-corrected chi connectivity index (χ4v) is 0.685. The molecule has 0 fully saturated rings. The van der Waals surface area contributed by atoms with E-state index in [0.717, 1.165) is 0 Å². The molecule has 1 aromatic heterocycles. The van der Waals surface area contributed by atoms with Crippen molar-refractivity contribution in [3.8, 4) is 6.07 Å². The Bertz CT molecular complexity index is 254. The summed E-state index contributed by atoms with van der Waals surface area (Å²) in [6.07, 6.45) is 1.81. The zero-order chi connectivity index (χ0) is 7.56. The van der Waals surface area contributed by atoms with Gasteiger partial charge in [-0.15, -0.1) is 0 Å². The first-order valence-electron chi connectivity index (χ1n) is 3.19. The molecule has 0 bridgehead atoms. The minimum absolute atomic E-state index is 0.335. The highest BCUT2D eigenvalue weighted by molar-refractivity contribution is 5.16. The van der Waals surface area contributed by atoms with Crippen LogP contribution in [0.4, 0.5) is 0 Å². The van der Waals surface area contributed by atoms with Crippen LogP contribution in [0, 0.1) is 11.3 Å². The first kappa shape index (κ1) is 6.81. The van der Waals surface area contributed by atoms with E-state index in [1.807, 2.05) is 26.1 Å². The maximum absolute atomic E-state index is 8.41. The Morgan fingerprint density at radius 1 is 1.70 bits per heavy atom. The van der Waals surface area contributed by atoms with Crippen LogP contribution in [0.3, 0.4) is 0 Å². The normalized spacial score (nSPS) is 9.80. The van der Waals surface area contributed by atoms with E-state index in [4.69, 9.17) is 5.26 Å². The Hall–Kier alpha value is -1.30. The third kappa shape index (κ3) is 1.16. The number of hydrogen-bond donors (Lipinski definition) is 0. The van der Waals surface area contributed by atoms with Crippen molar-refractivity contribution in [2.75, 3.05) is 0 Å². The van der Waals surface area contributed by atoms with Crippen molar-refractivity contribution in [3.05, 3.63) is 18.0 Å². The Balaban J connectivity index is 2.91. The second-order valence-corrected chi connectivity index (χ2v) is 2.39. The van der Waals surface area contributed by atoms with Gasteiger partial charge >= 0.3 is 0 Å². The number of hydrogen-bond acceptors (Lipinski definition) is 2. The molecule has 0 radical (unpaired) electrons. The summed E-state index contributed by atoms with van der Waals surface area (Å²) in [5.41, 5.74) is 0.480. The number of aromatic nitrogens is 2. The zero-order valence-corrected chi connectivity index (χ0v) is 6.07. The van der Waals surface area contributed by atoms with Crippen LogP contribution in [0.15, 0.2) is 12.3 Å². The summed E-state index contributed by atoms with van der Waals surface area (Å²) in [6.45, 7) is 4.04. The van der Waals surface area contributed by atoms with E-state index in [1.54, 1.807) is 10.7 Å². The highest BCUT2D eigenvalue weighted by Gasteiger charge is 1.98. The summed E-state index contributed by atoms with van der Waals surface area (Å²) in [7, 11) is 0. The van der Waals surface area contributed by atoms with Gasteiger partial charge in [0.1, 0.15) is 6.07 Å². The van der Waals surface area contributed by atoms with Crippen molar-refractivity contribution < 1.29 is 0 Å². The van der Waals surface area contributed by atoms with Gasteiger partial charge in [0, 0.05) is 12.2 Å². The molecule has 1 heterocycles. The molecular weight excluding hydrogens is 126 g/mol. The first-order chi connectivity index (χ1) is 4.74. The monoisotopic (exact) mass is 135 g/mol. The maximum atomic E-state index is 8.41. The molecule has 0 unspecified atom stereocenters. The highest BCUT2D eigenvalue weighted by atomic mass is 15.3. The van der Waals surface area contributed by atoms with Crippen LogP contribution >= 0.6 is 0 Å². The lowest BCUT2D eigenvalue weighted by Crippen LogP contribution is -2.00. The fraction of sp³-hybridized carbons (Fsp3) is 0.429. The Morgan fingerprint density at radius 3 is 2.70 bits per heavy atom. The second kappa shape index (κ2) is 2.53. The quantitative estimate of drug-likeness (QED) is 0.583. The van der Waals surface area contributed by atoms with Gasteiger partial charge in [-0.3, -0.25) is 4.68 Å². The van der Waals surface area contributed by atoms with Crippen molar-refractivity contribution in [1.82, 2.24) is 9.78 Å². The minimum Gasteiger partial charge on any atom is -0.269 e. The van der Waals surface area contributed by atoms with Crippen molar-refractivity contribution in [1.29, 1.82) is 5.26 Å². The van der Waals surface area contributed by atoms with Crippen molar-refractivity contribution >= 4 is 0 Å². The smallest absolute Gasteiger partial charge is 0.162 e. The fourth-order valence-electron chi connectivity index (χ4n) is 0.685. The van der Waals surface area contributed by atoms with E-state index in [0.29, 0.717) is 11.7 Å². The topological polar surface area (TPSA) is 41.6 Å². The molecule has 52 valence electrons. The SMILES string of the molecule is CC(C)n1ccc(C#N)n1. The van der Waals surface area contributed by atoms with Gasteiger partial charge in [0.05, 0.1) is 0 Å². The molecule has 1 aromatic rings. The molecule has 0 aliphatic carbocycles. The van der Waals surface area contributed by atoms with Gasteiger partial charge in [-0.2, -0.15) is 10.4 Å². The molecule has 0 N–H and O–H groups in total. The molecule has 0 aromatic carbocycles. The van der Waals surface area contributed by atoms with Gasteiger partial charge < -0.3 is 0 Å². The molecule has 0 atom stereocenters. The Morgan fingerprint density at radius 2 is 2.40 bits per heavy atom. The van der Waals surface area contributed by atoms with Crippen LogP contribution in [-0.4, -0.2) is 9.78 Å². The third-order valence-corrected chi connectivity index (χ3v) is 1.25. The van der Waals surface area contributed by atoms with Crippen LogP contribution < -0.4 is 0 Å². The van der Waals surface area contributed by atoms with Crippen LogP contribution in [0.2, 0.25) is 0 Å². The number of nitrogens with zero attached hydrogens (tertiary/aromatic N) is 3. The van der Waals surface area contributed by atoms with Crippen LogP contribution in [0.25, 0.3) is 0 Å². The van der Waals surface area contributed by atoms with Crippen LogP contribution in [0.1, 0.15) is 25.6 Å². The second-order valence-electron chi connectivity index (χ2n) is 2.39. The van der Waals surface area contributed by atoms with E-state index in [-0.39, 0.29) is 0 Å². The standard InChI is InChI=1S/C7H9N3/c1-6(2)10-4-3-7(5-8)9-10/h3-4,6H,1-2H3. The molecule has 1 rings (SSSR count). The van der Waals surface area contributed by atoms with Crippen LogP contribution in [0.5, 0.6) is 0 Å². The first-order valence-corrected chi connectivity index (χ1v) is 3.19. The molecule has 10 heavy (non-hydrogen) atoms. The van der Waals surface area contributed by atoms with E-state index in [1.165, 1.54) is 0 Å². The van der Waals surface area contributed by atoms with E-state index >= 15 is 0 Å². The predicted molar refractivity (Wildman–Crippen MR) is 37.3 cm³/mol. The van der Waals surface area contributed by atoms with E-state index in [2.05, 4.69) is 5.10 Å². The van der Waals surface area contributed by atoms with Gasteiger partial charge in [-0.1, -0.05) is 0 Å². The number of nitriles is 1. The lowest BCUT2D eigenvalue weighted by atomic mass is 10.4. The van der Waals surface area contributed by atoms with Crippen LogP contribution in [-0.2, 0) is 0 Å². The average molecular weight is 135 g/mol. The molecule has 3 nitrogen and oxygen atoms in total. The Kier molecular flexibility index (Phi) is 1.72. The van der Waals surface area contributed by atoms with Gasteiger partial charge in [-0.25, -0.2) is 0 Å². The maximum Gasteiger partial charge on any atom is 0.162 e. The zero-order valence-electron chi connectivity index (χ0n) is 6.07. The average Bonchev–Trinajstić information content (AvgIpc) is 2.34. The van der Waals surface area contributed by atoms with Gasteiger partial charge in [0.2, 0.25) is 0 Å². The molecule has 0 saturated carbocycles. The summed E-state index contributed by atoms with van der Waals surface area (Å²) in [6, 6.07) is 4.01. The van der Waals surface area contributed by atoms with Crippen molar-refractivity contribution in [2.45, 2.75) is 19.9 Å². The molecule has 0 aliphatic rings. The summed E-state index contributed by atoms with van der Waals surface area (Å²) < 4.78 is 1.76. The molecular formula is C7H9N3. The van der Waals surface area contributed by atoms with Crippen molar-refractivity contribution in [2.24, 2.45) is 0 Å². The Labute approximate surface area is 59.9 Å². The number of rotatable bonds is 1. The lowest BCUT2D eigenvalue weighted by Gasteiger charge is -2.01. The summed E-state index contributed by atoms with van der Waals surface area (Å²) in [5.74, 6) is 0. The highest BCUT2D eigenvalue weighted by Crippen LogP contribution is 2.02. The van der Waals surface area contributed by atoms with Gasteiger partial charge in [0.25, 0.3) is 0 Å². The van der Waals surface area contributed by atoms with E-state index < -0.39 is 0 Å². The molecule has 0 amide bonds.